The van der Waals surface area contributed by atoms with Gasteiger partial charge in [-0.3, -0.25) is 4.57 Å². The Morgan fingerprint density at radius 2 is 2.22 bits per heavy atom. The Morgan fingerprint density at radius 3 is 2.96 bits per heavy atom. The largest absolute Gasteiger partial charge is 0.437 e. The minimum Gasteiger partial charge on any atom is -0.437 e. The van der Waals surface area contributed by atoms with Crippen molar-refractivity contribution in [2.75, 3.05) is 6.61 Å². The molecule has 3 aromatic rings. The Balaban J connectivity index is 1.72. The zero-order valence-electron chi connectivity index (χ0n) is 14.8. The van der Waals surface area contributed by atoms with E-state index in [1.807, 2.05) is 49.4 Å². The summed E-state index contributed by atoms with van der Waals surface area (Å²) in [4.78, 5) is 16.4. The molecule has 0 aliphatic carbocycles. The fourth-order valence-corrected chi connectivity index (χ4v) is 3.31. The molecule has 0 bridgehead atoms. The average molecular weight is 368 g/mol. The lowest BCUT2D eigenvalue weighted by Gasteiger charge is -2.13. The van der Waals surface area contributed by atoms with E-state index in [2.05, 4.69) is 4.98 Å². The summed E-state index contributed by atoms with van der Waals surface area (Å²) in [5.41, 5.74) is 1.66. The van der Waals surface area contributed by atoms with Gasteiger partial charge in [0.15, 0.2) is 0 Å². The number of furan rings is 1. The van der Waals surface area contributed by atoms with Gasteiger partial charge in [0.05, 0.1) is 18.1 Å². The quantitative estimate of drug-likeness (QED) is 0.733. The van der Waals surface area contributed by atoms with Crippen LogP contribution in [0.3, 0.4) is 0 Å². The van der Waals surface area contributed by atoms with Crippen molar-refractivity contribution in [1.29, 1.82) is 0 Å². The molecule has 1 aliphatic heterocycles. The van der Waals surface area contributed by atoms with Gasteiger partial charge in [0.1, 0.15) is 18.1 Å². The van der Waals surface area contributed by atoms with E-state index in [9.17, 15) is 15.0 Å². The van der Waals surface area contributed by atoms with Crippen LogP contribution in [0.5, 0.6) is 0 Å². The highest BCUT2D eigenvalue weighted by atomic mass is 16.5. The van der Waals surface area contributed by atoms with Gasteiger partial charge in [0.25, 0.3) is 0 Å². The second-order valence-electron chi connectivity index (χ2n) is 6.54. The fraction of sp³-hybridized carbons (Fsp3) is 0.300. The number of benzene rings is 1. The second-order valence-corrected chi connectivity index (χ2v) is 6.54. The Kier molecular flexibility index (Phi) is 4.65. The number of ether oxygens (including phenoxy) is 1. The molecule has 0 amide bonds. The zero-order chi connectivity index (χ0) is 19.0. The van der Waals surface area contributed by atoms with Crippen LogP contribution >= 0.6 is 0 Å². The second kappa shape index (κ2) is 7.11. The number of aliphatic hydroxyl groups excluding tert-OH is 2. The third kappa shape index (κ3) is 3.32. The number of nitrogens with zero attached hydrogens (tertiary/aromatic N) is 2. The molecule has 0 saturated carbocycles. The highest BCUT2D eigenvalue weighted by Crippen LogP contribution is 2.30. The van der Waals surface area contributed by atoms with E-state index in [-0.39, 0.29) is 18.7 Å². The summed E-state index contributed by atoms with van der Waals surface area (Å²) >= 11 is 0. The fourth-order valence-electron chi connectivity index (χ4n) is 3.31. The molecule has 7 nitrogen and oxygen atoms in total. The summed E-state index contributed by atoms with van der Waals surface area (Å²) in [5.74, 6) is 0.613. The molecular weight excluding hydrogens is 348 g/mol. The number of rotatable bonds is 4. The maximum absolute atomic E-state index is 12.4. The van der Waals surface area contributed by atoms with E-state index in [1.54, 1.807) is 6.20 Å². The van der Waals surface area contributed by atoms with Gasteiger partial charge >= 0.3 is 5.69 Å². The minimum atomic E-state index is -0.822. The SMILES string of the molecule is C/C=C/c1cccc(-c2cc3cn([C@H]4C[C@H](O)[C@@H](CO)O4)c(=O)nc3o2)c1. The molecule has 27 heavy (non-hydrogen) atoms. The summed E-state index contributed by atoms with van der Waals surface area (Å²) < 4.78 is 12.7. The average Bonchev–Trinajstić information content (AvgIpc) is 3.24. The molecule has 140 valence electrons. The maximum atomic E-state index is 12.4. The highest BCUT2D eigenvalue weighted by Gasteiger charge is 2.35. The van der Waals surface area contributed by atoms with Crippen molar-refractivity contribution in [2.24, 2.45) is 0 Å². The molecule has 1 saturated heterocycles. The summed E-state index contributed by atoms with van der Waals surface area (Å²) in [5, 5.41) is 19.8. The molecule has 7 heteroatoms. The van der Waals surface area contributed by atoms with Crippen LogP contribution in [0.1, 0.15) is 25.1 Å². The summed E-state index contributed by atoms with van der Waals surface area (Å²) in [7, 11) is 0. The monoisotopic (exact) mass is 368 g/mol. The van der Waals surface area contributed by atoms with Crippen molar-refractivity contribution in [3.05, 3.63) is 58.7 Å². The Bertz CT molecular complexity index is 1050. The molecule has 1 aliphatic rings. The summed E-state index contributed by atoms with van der Waals surface area (Å²) in [6.07, 6.45) is 3.59. The van der Waals surface area contributed by atoms with Crippen LogP contribution in [0.2, 0.25) is 0 Å². The molecular formula is C20H20N2O5. The van der Waals surface area contributed by atoms with Crippen molar-refractivity contribution in [2.45, 2.75) is 31.8 Å². The van der Waals surface area contributed by atoms with E-state index in [0.29, 0.717) is 11.1 Å². The standard InChI is InChI=1S/C20H20N2O5/c1-2-4-12-5-3-6-13(7-12)16-8-14-10-22(20(25)21-19(14)27-16)18-9-15(24)17(11-23)26-18/h2-8,10,15,17-18,23-24H,9,11H2,1H3/b4-2+/t15-,17+,18+/m0/s1. The lowest BCUT2D eigenvalue weighted by atomic mass is 10.1. The Morgan fingerprint density at radius 1 is 1.37 bits per heavy atom. The van der Waals surface area contributed by atoms with Crippen LogP contribution < -0.4 is 5.69 Å². The van der Waals surface area contributed by atoms with Crippen molar-refractivity contribution in [3.8, 4) is 11.3 Å². The van der Waals surface area contributed by atoms with E-state index in [1.165, 1.54) is 4.57 Å². The number of fused-ring (bicyclic) bond motifs is 1. The molecule has 0 radical (unpaired) electrons. The number of hydrogen-bond acceptors (Lipinski definition) is 6. The van der Waals surface area contributed by atoms with Gasteiger partial charge in [0.2, 0.25) is 5.71 Å². The van der Waals surface area contributed by atoms with Gasteiger partial charge in [-0.25, -0.2) is 4.79 Å². The van der Waals surface area contributed by atoms with E-state index < -0.39 is 24.1 Å². The van der Waals surface area contributed by atoms with Gasteiger partial charge < -0.3 is 19.4 Å². The topological polar surface area (TPSA) is 97.7 Å². The smallest absolute Gasteiger partial charge is 0.353 e. The van der Waals surface area contributed by atoms with Gasteiger partial charge in [-0.05, 0) is 24.6 Å². The first kappa shape index (κ1) is 17.7. The number of allylic oxidation sites excluding steroid dienone is 1. The lowest BCUT2D eigenvalue weighted by molar-refractivity contribution is -0.0457. The molecule has 0 unspecified atom stereocenters. The van der Waals surface area contributed by atoms with Crippen LogP contribution in [0.4, 0.5) is 0 Å². The van der Waals surface area contributed by atoms with Gasteiger partial charge in [-0.1, -0.05) is 30.4 Å². The first-order valence-electron chi connectivity index (χ1n) is 8.79. The van der Waals surface area contributed by atoms with Gasteiger partial charge in [-0.2, -0.15) is 4.98 Å². The first-order chi connectivity index (χ1) is 13.1. The third-order valence-corrected chi connectivity index (χ3v) is 4.66. The van der Waals surface area contributed by atoms with Crippen molar-refractivity contribution in [3.63, 3.8) is 0 Å². The zero-order valence-corrected chi connectivity index (χ0v) is 14.8. The van der Waals surface area contributed by atoms with Crippen LogP contribution in [-0.4, -0.2) is 38.6 Å². The van der Waals surface area contributed by atoms with Crippen LogP contribution in [0.25, 0.3) is 28.5 Å². The molecule has 1 aromatic carbocycles. The molecule has 3 heterocycles. The number of hydrogen-bond donors (Lipinski definition) is 2. The first-order valence-corrected chi connectivity index (χ1v) is 8.79. The third-order valence-electron chi connectivity index (χ3n) is 4.66. The van der Waals surface area contributed by atoms with Crippen molar-refractivity contribution in [1.82, 2.24) is 9.55 Å². The van der Waals surface area contributed by atoms with Gasteiger partial charge in [-0.15, -0.1) is 0 Å². The Hall–Kier alpha value is -2.74. The number of aliphatic hydroxyl groups is 2. The van der Waals surface area contributed by atoms with Crippen LogP contribution in [0.15, 0.2) is 51.8 Å². The minimum absolute atomic E-state index is 0.217. The van der Waals surface area contributed by atoms with Crippen LogP contribution in [-0.2, 0) is 4.74 Å². The lowest BCUT2D eigenvalue weighted by Crippen LogP contribution is -2.27. The maximum Gasteiger partial charge on any atom is 0.353 e. The predicted molar refractivity (Wildman–Crippen MR) is 100 cm³/mol. The van der Waals surface area contributed by atoms with Crippen molar-refractivity contribution >= 4 is 17.2 Å². The molecule has 2 N–H and O–H groups in total. The molecule has 2 aromatic heterocycles. The molecule has 3 atom stereocenters. The highest BCUT2D eigenvalue weighted by molar-refractivity contribution is 5.79. The number of aromatic nitrogens is 2. The van der Waals surface area contributed by atoms with E-state index in [0.717, 1.165) is 11.1 Å². The van der Waals surface area contributed by atoms with Crippen LogP contribution in [0, 0.1) is 0 Å². The summed E-state index contributed by atoms with van der Waals surface area (Å²) in [6, 6.07) is 9.68. The molecule has 4 rings (SSSR count). The predicted octanol–water partition coefficient (Wildman–Crippen LogP) is 2.33. The van der Waals surface area contributed by atoms with E-state index in [4.69, 9.17) is 9.15 Å². The summed E-state index contributed by atoms with van der Waals surface area (Å²) in [6.45, 7) is 1.65. The molecule has 1 fully saturated rings. The van der Waals surface area contributed by atoms with Crippen molar-refractivity contribution < 1.29 is 19.4 Å². The van der Waals surface area contributed by atoms with Gasteiger partial charge in [0, 0.05) is 18.2 Å². The molecule has 0 spiro atoms. The van der Waals surface area contributed by atoms with E-state index >= 15 is 0 Å². The Labute approximate surface area is 155 Å². The normalized spacial score (nSPS) is 22.9.